The SMILES string of the molecule is Cc1cccn2c(C)c(/C(O)=C3\C(=O)C(=O)N(CCc4ccccc4)C3c3ccc(Br)cc3)nc12. The highest BCUT2D eigenvalue weighted by atomic mass is 79.9. The van der Waals surface area contributed by atoms with E-state index in [4.69, 9.17) is 0 Å². The van der Waals surface area contributed by atoms with Crippen LogP contribution in [0.25, 0.3) is 11.4 Å². The van der Waals surface area contributed by atoms with Crippen LogP contribution in [-0.2, 0) is 16.0 Å². The van der Waals surface area contributed by atoms with Crippen LogP contribution in [0.3, 0.4) is 0 Å². The highest BCUT2D eigenvalue weighted by molar-refractivity contribution is 9.10. The van der Waals surface area contributed by atoms with Gasteiger partial charge in [-0.2, -0.15) is 0 Å². The first-order chi connectivity index (χ1) is 16.9. The zero-order valence-electron chi connectivity index (χ0n) is 19.4. The number of benzene rings is 2. The summed E-state index contributed by atoms with van der Waals surface area (Å²) < 4.78 is 2.76. The second kappa shape index (κ2) is 9.15. The molecule has 2 aromatic carbocycles. The lowest BCUT2D eigenvalue weighted by Crippen LogP contribution is -2.31. The fourth-order valence-electron chi connectivity index (χ4n) is 4.67. The third-order valence-corrected chi connectivity index (χ3v) is 7.05. The van der Waals surface area contributed by atoms with Gasteiger partial charge in [0.2, 0.25) is 0 Å². The van der Waals surface area contributed by atoms with Crippen molar-refractivity contribution >= 4 is 39.0 Å². The third kappa shape index (κ3) is 4.06. The van der Waals surface area contributed by atoms with Gasteiger partial charge in [-0.1, -0.05) is 64.5 Å². The summed E-state index contributed by atoms with van der Waals surface area (Å²) in [6.07, 6.45) is 2.46. The molecular weight excluding hydrogens is 506 g/mol. The van der Waals surface area contributed by atoms with Gasteiger partial charge in [-0.3, -0.25) is 9.59 Å². The number of imidazole rings is 1. The highest BCUT2D eigenvalue weighted by Crippen LogP contribution is 2.40. The van der Waals surface area contributed by atoms with Crippen molar-refractivity contribution in [3.63, 3.8) is 0 Å². The molecule has 176 valence electrons. The molecule has 35 heavy (non-hydrogen) atoms. The first kappa shape index (κ1) is 23.1. The first-order valence-corrected chi connectivity index (χ1v) is 12.2. The summed E-state index contributed by atoms with van der Waals surface area (Å²) in [7, 11) is 0. The minimum absolute atomic E-state index is 0.0644. The summed E-state index contributed by atoms with van der Waals surface area (Å²) in [5.74, 6) is -1.57. The highest BCUT2D eigenvalue weighted by Gasteiger charge is 2.46. The number of Topliss-reactive ketones (excluding diaryl/α,β-unsaturated/α-hetero) is 1. The van der Waals surface area contributed by atoms with E-state index in [-0.39, 0.29) is 11.3 Å². The van der Waals surface area contributed by atoms with Gasteiger partial charge in [0.05, 0.1) is 17.3 Å². The maximum absolute atomic E-state index is 13.3. The number of halogens is 1. The van der Waals surface area contributed by atoms with Gasteiger partial charge in [-0.25, -0.2) is 4.98 Å². The van der Waals surface area contributed by atoms with Crippen LogP contribution in [0.15, 0.2) is 83.0 Å². The lowest BCUT2D eigenvalue weighted by atomic mass is 9.96. The minimum Gasteiger partial charge on any atom is -0.505 e. The molecule has 1 fully saturated rings. The summed E-state index contributed by atoms with van der Waals surface area (Å²) in [5, 5.41) is 11.5. The normalized spacial score (nSPS) is 17.5. The Hall–Kier alpha value is -3.71. The van der Waals surface area contributed by atoms with Crippen LogP contribution >= 0.6 is 15.9 Å². The Bertz CT molecular complexity index is 1470. The van der Waals surface area contributed by atoms with Gasteiger partial charge in [0, 0.05) is 17.2 Å². The number of aryl methyl sites for hydroxylation is 2. The largest absolute Gasteiger partial charge is 0.505 e. The van der Waals surface area contributed by atoms with Gasteiger partial charge < -0.3 is 14.4 Å². The van der Waals surface area contributed by atoms with Crippen molar-refractivity contribution < 1.29 is 14.7 Å². The number of aliphatic hydroxyl groups excluding tert-OH is 1. The molecule has 1 amide bonds. The van der Waals surface area contributed by atoms with E-state index in [2.05, 4.69) is 20.9 Å². The number of rotatable bonds is 5. The third-order valence-electron chi connectivity index (χ3n) is 6.52. The summed E-state index contributed by atoms with van der Waals surface area (Å²) in [6.45, 7) is 4.12. The van der Waals surface area contributed by atoms with E-state index < -0.39 is 17.7 Å². The number of fused-ring (bicyclic) bond motifs is 1. The van der Waals surface area contributed by atoms with Crippen molar-refractivity contribution in [3.8, 4) is 0 Å². The van der Waals surface area contributed by atoms with Crippen LogP contribution in [0.4, 0.5) is 0 Å². The van der Waals surface area contributed by atoms with Gasteiger partial charge in [-0.05, 0) is 55.2 Å². The predicted molar refractivity (Wildman–Crippen MR) is 138 cm³/mol. The Labute approximate surface area is 211 Å². The maximum Gasteiger partial charge on any atom is 0.295 e. The van der Waals surface area contributed by atoms with Gasteiger partial charge in [0.25, 0.3) is 11.7 Å². The molecule has 7 heteroatoms. The smallest absolute Gasteiger partial charge is 0.295 e. The number of carbonyl (C=O) groups excluding carboxylic acids is 2. The molecule has 0 aliphatic carbocycles. The number of amides is 1. The van der Waals surface area contributed by atoms with Crippen LogP contribution in [0.5, 0.6) is 0 Å². The van der Waals surface area contributed by atoms with E-state index >= 15 is 0 Å². The topological polar surface area (TPSA) is 74.9 Å². The van der Waals surface area contributed by atoms with Gasteiger partial charge in [-0.15, -0.1) is 0 Å². The first-order valence-electron chi connectivity index (χ1n) is 11.4. The number of likely N-dealkylation sites (tertiary alicyclic amines) is 1. The Kier molecular flexibility index (Phi) is 6.03. The van der Waals surface area contributed by atoms with E-state index in [9.17, 15) is 14.7 Å². The van der Waals surface area contributed by atoms with Gasteiger partial charge in [0.1, 0.15) is 11.3 Å². The molecule has 0 spiro atoms. The second-order valence-electron chi connectivity index (χ2n) is 8.71. The molecule has 6 nitrogen and oxygen atoms in total. The van der Waals surface area contributed by atoms with Crippen molar-refractivity contribution in [3.05, 3.63) is 111 Å². The molecule has 1 saturated heterocycles. The lowest BCUT2D eigenvalue weighted by molar-refractivity contribution is -0.139. The molecule has 0 bridgehead atoms. The summed E-state index contributed by atoms with van der Waals surface area (Å²) in [6, 6.07) is 20.4. The van der Waals surface area contributed by atoms with Crippen LogP contribution in [0.2, 0.25) is 0 Å². The van der Waals surface area contributed by atoms with Crippen LogP contribution in [-0.4, -0.2) is 37.6 Å². The van der Waals surface area contributed by atoms with Crippen LogP contribution < -0.4 is 0 Å². The molecule has 1 atom stereocenters. The molecule has 1 N–H and O–H groups in total. The number of aromatic nitrogens is 2. The Morgan fingerprint density at radius 2 is 1.71 bits per heavy atom. The van der Waals surface area contributed by atoms with E-state index in [0.717, 1.165) is 21.2 Å². The number of aliphatic hydroxyl groups is 1. The van der Waals surface area contributed by atoms with Crippen LogP contribution in [0, 0.1) is 13.8 Å². The summed E-state index contributed by atoms with van der Waals surface area (Å²) in [5.41, 5.74) is 4.53. The minimum atomic E-state index is -0.711. The zero-order valence-corrected chi connectivity index (χ0v) is 21.0. The summed E-state index contributed by atoms with van der Waals surface area (Å²) >= 11 is 3.45. The molecule has 5 rings (SSSR count). The van der Waals surface area contributed by atoms with Gasteiger partial charge in [0.15, 0.2) is 5.76 Å². The average Bonchev–Trinajstić information content (AvgIpc) is 3.33. The Morgan fingerprint density at radius 3 is 2.40 bits per heavy atom. The fraction of sp³-hybridized carbons (Fsp3) is 0.179. The number of nitrogens with zero attached hydrogens (tertiary/aromatic N) is 3. The molecule has 0 saturated carbocycles. The number of hydrogen-bond donors (Lipinski definition) is 1. The monoisotopic (exact) mass is 529 g/mol. The molecule has 1 aliphatic heterocycles. The maximum atomic E-state index is 13.3. The molecule has 4 aromatic rings. The quantitative estimate of drug-likeness (QED) is 0.214. The Morgan fingerprint density at radius 1 is 1.00 bits per heavy atom. The van der Waals surface area contributed by atoms with E-state index in [1.165, 1.54) is 0 Å². The molecule has 1 unspecified atom stereocenters. The van der Waals surface area contributed by atoms with Crippen molar-refractivity contribution in [2.45, 2.75) is 26.3 Å². The molecule has 0 radical (unpaired) electrons. The average molecular weight is 530 g/mol. The molecule has 1 aliphatic rings. The van der Waals surface area contributed by atoms with Crippen LogP contribution in [0.1, 0.15) is 34.1 Å². The van der Waals surface area contributed by atoms with Crippen molar-refractivity contribution in [2.24, 2.45) is 0 Å². The number of hydrogen-bond acceptors (Lipinski definition) is 4. The second-order valence-corrected chi connectivity index (χ2v) is 9.63. The van der Waals surface area contributed by atoms with E-state index in [1.807, 2.05) is 91.2 Å². The fourth-order valence-corrected chi connectivity index (χ4v) is 4.93. The summed E-state index contributed by atoms with van der Waals surface area (Å²) in [4.78, 5) is 32.8. The molecule has 2 aromatic heterocycles. The van der Waals surface area contributed by atoms with Gasteiger partial charge >= 0.3 is 0 Å². The number of carbonyl (C=O) groups is 2. The number of ketones is 1. The van der Waals surface area contributed by atoms with Crippen molar-refractivity contribution in [2.75, 3.05) is 6.54 Å². The van der Waals surface area contributed by atoms with E-state index in [1.54, 1.807) is 4.90 Å². The van der Waals surface area contributed by atoms with E-state index in [0.29, 0.717) is 30.0 Å². The molecular formula is C28H24BrN3O3. The zero-order chi connectivity index (χ0) is 24.7. The van der Waals surface area contributed by atoms with Crippen molar-refractivity contribution in [1.82, 2.24) is 14.3 Å². The molecule has 3 heterocycles. The van der Waals surface area contributed by atoms with Crippen molar-refractivity contribution in [1.29, 1.82) is 0 Å². The lowest BCUT2D eigenvalue weighted by Gasteiger charge is -2.25. The predicted octanol–water partition coefficient (Wildman–Crippen LogP) is 5.38. The Balaban J connectivity index is 1.64. The number of pyridine rings is 1. The standard InChI is InChI=1S/C28H24BrN3O3/c1-17-7-6-15-31-18(2)23(30-27(17)31)25(33)22-24(20-10-12-21(29)13-11-20)32(28(35)26(22)34)16-14-19-8-4-3-5-9-19/h3-13,15,24,33H,14,16H2,1-2H3/b25-22+.